The molecule has 1 aromatic carbocycles. The van der Waals surface area contributed by atoms with Crippen LogP contribution in [0.4, 0.5) is 9.59 Å². The van der Waals surface area contributed by atoms with Crippen molar-refractivity contribution >= 4 is 29.6 Å². The zero-order valence-electron chi connectivity index (χ0n) is 29.1. The fourth-order valence-corrected chi connectivity index (χ4v) is 5.67. The molecule has 7 N–H and O–H groups in total. The smallest absolute Gasteiger partial charge is 0.407 e. The lowest BCUT2D eigenvalue weighted by atomic mass is 9.86. The highest BCUT2D eigenvalue weighted by molar-refractivity contribution is 5.94. The molecule has 0 saturated carbocycles. The second kappa shape index (κ2) is 16.7. The first-order valence-corrected chi connectivity index (χ1v) is 16.6. The maximum atomic E-state index is 13.6. The number of benzene rings is 1. The standard InChI is InChI=1S/C34H53N5O9/c1-19(2)22(18-25(41)27-26(35)28-30(45-27)47-34(6,7)46-28)29(42)39-23(9-8-15-37-31(36)43)24(40)17-21-12-10-20(11-13-21)14-16-38-32(44)48-33(3,4)5/h10-13,19,22-23,26-28,30H,8-9,14-18,35H2,1-7H3,(H,38,44)(H,39,42)(H3,36,37,43)/t22-,23?,26-,27?,28-,30-/m1/s1. The number of amides is 4. The van der Waals surface area contributed by atoms with Crippen molar-refractivity contribution in [2.45, 2.75) is 123 Å². The zero-order valence-corrected chi connectivity index (χ0v) is 29.1. The predicted octanol–water partition coefficient (Wildman–Crippen LogP) is 2.23. The molecule has 2 fully saturated rings. The van der Waals surface area contributed by atoms with Crippen LogP contribution in [-0.4, -0.2) is 84.7 Å². The molecule has 2 aliphatic heterocycles. The van der Waals surface area contributed by atoms with Crippen molar-refractivity contribution < 1.29 is 42.9 Å². The van der Waals surface area contributed by atoms with Gasteiger partial charge in [0.15, 0.2) is 23.6 Å². The predicted molar refractivity (Wildman–Crippen MR) is 176 cm³/mol. The van der Waals surface area contributed by atoms with Crippen LogP contribution in [0.15, 0.2) is 24.3 Å². The molecule has 2 heterocycles. The monoisotopic (exact) mass is 675 g/mol. The van der Waals surface area contributed by atoms with Crippen LogP contribution in [0.1, 0.15) is 78.9 Å². The number of hydrogen-bond donors (Lipinski definition) is 5. The summed E-state index contributed by atoms with van der Waals surface area (Å²) in [6.45, 7) is 13.1. The number of ether oxygens (including phenoxy) is 4. The molecule has 0 bridgehead atoms. The Balaban J connectivity index is 1.61. The second-order valence-electron chi connectivity index (χ2n) is 14.3. The molecular formula is C34H53N5O9. The van der Waals surface area contributed by atoms with E-state index in [0.29, 0.717) is 19.4 Å². The van der Waals surface area contributed by atoms with Crippen molar-refractivity contribution in [3.05, 3.63) is 35.4 Å². The third-order valence-corrected chi connectivity index (χ3v) is 8.13. The van der Waals surface area contributed by atoms with Crippen LogP contribution in [0, 0.1) is 11.8 Å². The Hall–Kier alpha value is -3.59. The van der Waals surface area contributed by atoms with E-state index in [4.69, 9.17) is 30.4 Å². The minimum atomic E-state index is -0.987. The van der Waals surface area contributed by atoms with Gasteiger partial charge < -0.3 is 46.4 Å². The highest BCUT2D eigenvalue weighted by Gasteiger charge is 2.55. The molecule has 14 heteroatoms. The minimum Gasteiger partial charge on any atom is -0.444 e. The summed E-state index contributed by atoms with van der Waals surface area (Å²) in [6, 6.07) is 5.13. The van der Waals surface area contributed by atoms with Gasteiger partial charge in [-0.3, -0.25) is 14.4 Å². The largest absolute Gasteiger partial charge is 0.444 e. The van der Waals surface area contributed by atoms with Gasteiger partial charge in [-0.25, -0.2) is 9.59 Å². The van der Waals surface area contributed by atoms with Crippen molar-refractivity contribution in [3.8, 4) is 0 Å². The van der Waals surface area contributed by atoms with E-state index >= 15 is 0 Å². The number of hydrogen-bond acceptors (Lipinski definition) is 10. The van der Waals surface area contributed by atoms with Gasteiger partial charge in [-0.2, -0.15) is 0 Å². The Labute approximate surface area is 282 Å². The van der Waals surface area contributed by atoms with E-state index in [1.807, 2.05) is 38.1 Å². The summed E-state index contributed by atoms with van der Waals surface area (Å²) in [5.41, 5.74) is 12.6. The Kier molecular flexibility index (Phi) is 13.5. The van der Waals surface area contributed by atoms with Crippen molar-refractivity contribution in [2.24, 2.45) is 23.3 Å². The normalized spacial score (nSPS) is 22.8. The summed E-state index contributed by atoms with van der Waals surface area (Å²) in [5.74, 6) is -2.86. The number of ketones is 2. The molecule has 268 valence electrons. The number of primary amides is 1. The molecule has 0 radical (unpaired) electrons. The Bertz CT molecular complexity index is 1290. The zero-order chi connectivity index (χ0) is 35.8. The maximum absolute atomic E-state index is 13.6. The quantitative estimate of drug-likeness (QED) is 0.161. The summed E-state index contributed by atoms with van der Waals surface area (Å²) >= 11 is 0. The number of nitrogens with two attached hydrogens (primary N) is 2. The molecule has 2 saturated heterocycles. The Morgan fingerprint density at radius 1 is 0.979 bits per heavy atom. The van der Waals surface area contributed by atoms with Gasteiger partial charge in [0, 0.05) is 31.8 Å². The van der Waals surface area contributed by atoms with Gasteiger partial charge in [0.1, 0.15) is 17.8 Å². The number of urea groups is 1. The molecule has 4 amide bonds. The van der Waals surface area contributed by atoms with E-state index in [-0.39, 0.29) is 43.3 Å². The van der Waals surface area contributed by atoms with Gasteiger partial charge in [-0.05, 0) is 70.9 Å². The van der Waals surface area contributed by atoms with Crippen LogP contribution in [0.2, 0.25) is 0 Å². The number of alkyl carbamates (subject to hydrolysis) is 1. The van der Waals surface area contributed by atoms with E-state index in [1.165, 1.54) is 0 Å². The van der Waals surface area contributed by atoms with Crippen molar-refractivity contribution in [2.75, 3.05) is 13.1 Å². The summed E-state index contributed by atoms with van der Waals surface area (Å²) in [6.07, 6.45) is -1.71. The maximum Gasteiger partial charge on any atom is 0.407 e. The molecule has 1 aromatic rings. The van der Waals surface area contributed by atoms with Gasteiger partial charge in [0.25, 0.3) is 0 Å². The fraction of sp³-hybridized carbons (Fsp3) is 0.676. The third-order valence-electron chi connectivity index (χ3n) is 8.13. The van der Waals surface area contributed by atoms with Crippen LogP contribution in [0.3, 0.4) is 0 Å². The topological polar surface area (TPSA) is 210 Å². The summed E-state index contributed by atoms with van der Waals surface area (Å²) in [4.78, 5) is 63.5. The van der Waals surface area contributed by atoms with Crippen molar-refractivity contribution in [1.29, 1.82) is 0 Å². The van der Waals surface area contributed by atoms with E-state index < -0.39 is 65.9 Å². The fourth-order valence-electron chi connectivity index (χ4n) is 5.67. The van der Waals surface area contributed by atoms with Crippen LogP contribution in [0.25, 0.3) is 0 Å². The average molecular weight is 676 g/mol. The Morgan fingerprint density at radius 3 is 2.21 bits per heavy atom. The van der Waals surface area contributed by atoms with Crippen LogP contribution in [-0.2, 0) is 46.2 Å². The molecule has 0 spiro atoms. The van der Waals surface area contributed by atoms with Gasteiger partial charge in [0.2, 0.25) is 5.91 Å². The molecule has 3 rings (SSSR count). The first kappa shape index (κ1) is 38.9. The number of carbonyl (C=O) groups excluding carboxylic acids is 5. The van der Waals surface area contributed by atoms with Crippen LogP contribution < -0.4 is 27.4 Å². The lowest BCUT2D eigenvalue weighted by Gasteiger charge is -2.26. The summed E-state index contributed by atoms with van der Waals surface area (Å²) in [7, 11) is 0. The number of carbonyl (C=O) groups is 5. The minimum absolute atomic E-state index is 0.0554. The van der Waals surface area contributed by atoms with E-state index in [2.05, 4.69) is 16.0 Å². The lowest BCUT2D eigenvalue weighted by molar-refractivity contribution is -0.206. The number of nitrogens with one attached hydrogen (secondary N) is 3. The molecule has 48 heavy (non-hydrogen) atoms. The molecule has 6 atom stereocenters. The first-order valence-electron chi connectivity index (χ1n) is 16.6. The number of rotatable bonds is 16. The third kappa shape index (κ3) is 11.8. The lowest BCUT2D eigenvalue weighted by Crippen LogP contribution is -2.48. The molecular weight excluding hydrogens is 622 g/mol. The first-order chi connectivity index (χ1) is 22.3. The molecule has 0 aliphatic carbocycles. The second-order valence-corrected chi connectivity index (χ2v) is 14.3. The number of Topliss-reactive ketones (excluding diaryl/α,β-unsaturated/α-hetero) is 2. The van der Waals surface area contributed by atoms with Crippen LogP contribution in [0.5, 0.6) is 0 Å². The van der Waals surface area contributed by atoms with Crippen molar-refractivity contribution in [1.82, 2.24) is 16.0 Å². The van der Waals surface area contributed by atoms with E-state index in [0.717, 1.165) is 11.1 Å². The molecule has 0 aromatic heterocycles. The van der Waals surface area contributed by atoms with E-state index in [1.54, 1.807) is 34.6 Å². The van der Waals surface area contributed by atoms with Crippen LogP contribution >= 0.6 is 0 Å². The van der Waals surface area contributed by atoms with E-state index in [9.17, 15) is 24.0 Å². The Morgan fingerprint density at radius 2 is 1.62 bits per heavy atom. The molecule has 2 unspecified atom stereocenters. The van der Waals surface area contributed by atoms with Crippen molar-refractivity contribution in [3.63, 3.8) is 0 Å². The van der Waals surface area contributed by atoms with Gasteiger partial charge in [-0.15, -0.1) is 0 Å². The highest BCUT2D eigenvalue weighted by atomic mass is 16.8. The van der Waals surface area contributed by atoms with Gasteiger partial charge in [0.05, 0.1) is 12.1 Å². The SMILES string of the molecule is CC(C)[C@@H](CC(=O)C1O[C@@H]2OC(C)(C)O[C@@H]2[C@@H]1N)C(=O)NC(CCCNC(N)=O)C(=O)Cc1ccc(CCNC(=O)OC(C)(C)C)cc1. The summed E-state index contributed by atoms with van der Waals surface area (Å²) < 4.78 is 22.6. The van der Waals surface area contributed by atoms with Gasteiger partial charge in [-0.1, -0.05) is 38.1 Å². The highest BCUT2D eigenvalue weighted by Crippen LogP contribution is 2.37. The molecule has 14 nitrogen and oxygen atoms in total. The number of fused-ring (bicyclic) bond motifs is 1. The average Bonchev–Trinajstić information content (AvgIpc) is 3.44. The summed E-state index contributed by atoms with van der Waals surface area (Å²) in [5, 5.41) is 8.09. The molecule has 2 aliphatic rings. The van der Waals surface area contributed by atoms with Gasteiger partial charge >= 0.3 is 12.1 Å².